The summed E-state index contributed by atoms with van der Waals surface area (Å²) in [5.74, 6) is -0.852. The van der Waals surface area contributed by atoms with E-state index in [1.54, 1.807) is 24.3 Å². The van der Waals surface area contributed by atoms with Crippen LogP contribution >= 0.6 is 0 Å². The van der Waals surface area contributed by atoms with Crippen LogP contribution in [0, 0.1) is 0 Å². The summed E-state index contributed by atoms with van der Waals surface area (Å²) < 4.78 is 0. The molecule has 1 heterocycles. The van der Waals surface area contributed by atoms with Gasteiger partial charge >= 0.3 is 5.97 Å². The minimum atomic E-state index is -0.854. The summed E-state index contributed by atoms with van der Waals surface area (Å²) >= 11 is 0. The van der Waals surface area contributed by atoms with Gasteiger partial charge in [0.1, 0.15) is 0 Å². The second-order valence-electron chi connectivity index (χ2n) is 5.11. The van der Waals surface area contributed by atoms with Gasteiger partial charge in [0.15, 0.2) is 0 Å². The van der Waals surface area contributed by atoms with E-state index in [9.17, 15) is 9.59 Å². The van der Waals surface area contributed by atoms with E-state index in [-0.39, 0.29) is 12.3 Å². The third kappa shape index (κ3) is 4.66. The molecule has 0 aliphatic carbocycles. The van der Waals surface area contributed by atoms with E-state index in [0.717, 1.165) is 25.2 Å². The highest BCUT2D eigenvalue weighted by Gasteiger charge is 2.12. The molecule has 1 fully saturated rings. The lowest BCUT2D eigenvalue weighted by Crippen LogP contribution is -2.25. The molecule has 1 aromatic rings. The van der Waals surface area contributed by atoms with E-state index < -0.39 is 5.97 Å². The maximum atomic E-state index is 11.8. The Labute approximate surface area is 118 Å². The molecule has 0 unspecified atom stereocenters. The summed E-state index contributed by atoms with van der Waals surface area (Å²) in [4.78, 5) is 24.7. The van der Waals surface area contributed by atoms with Gasteiger partial charge in [0, 0.05) is 18.7 Å². The quantitative estimate of drug-likeness (QED) is 0.830. The topological polar surface area (TPSA) is 69.6 Å². The van der Waals surface area contributed by atoms with Crippen LogP contribution in [-0.2, 0) is 16.0 Å². The number of amides is 1. The molecular weight excluding hydrogens is 256 g/mol. The Morgan fingerprint density at radius 1 is 1.15 bits per heavy atom. The number of aliphatic carboxylic acids is 1. The van der Waals surface area contributed by atoms with Crippen molar-refractivity contribution in [3.63, 3.8) is 0 Å². The third-order valence-corrected chi connectivity index (χ3v) is 3.45. The minimum absolute atomic E-state index is 0.00267. The van der Waals surface area contributed by atoms with Gasteiger partial charge in [-0.25, -0.2) is 0 Å². The molecule has 5 nitrogen and oxygen atoms in total. The Morgan fingerprint density at radius 3 is 2.40 bits per heavy atom. The van der Waals surface area contributed by atoms with Crippen LogP contribution in [0.4, 0.5) is 5.69 Å². The van der Waals surface area contributed by atoms with Gasteiger partial charge in [0.2, 0.25) is 5.91 Å². The number of rotatable bonds is 6. The highest BCUT2D eigenvalue weighted by Crippen LogP contribution is 2.11. The van der Waals surface area contributed by atoms with E-state index in [2.05, 4.69) is 10.2 Å². The molecule has 0 aromatic heterocycles. The minimum Gasteiger partial charge on any atom is -0.481 e. The molecule has 1 saturated heterocycles. The zero-order chi connectivity index (χ0) is 14.4. The van der Waals surface area contributed by atoms with Crippen molar-refractivity contribution in [3.8, 4) is 0 Å². The van der Waals surface area contributed by atoms with Gasteiger partial charge < -0.3 is 15.3 Å². The highest BCUT2D eigenvalue weighted by molar-refractivity contribution is 5.90. The van der Waals surface area contributed by atoms with E-state index in [1.165, 1.54) is 12.8 Å². The first-order chi connectivity index (χ1) is 9.63. The Morgan fingerprint density at radius 2 is 1.80 bits per heavy atom. The monoisotopic (exact) mass is 276 g/mol. The van der Waals surface area contributed by atoms with Gasteiger partial charge in [-0.05, 0) is 43.6 Å². The average Bonchev–Trinajstić information content (AvgIpc) is 2.91. The highest BCUT2D eigenvalue weighted by atomic mass is 16.4. The maximum Gasteiger partial charge on any atom is 0.307 e. The third-order valence-electron chi connectivity index (χ3n) is 3.45. The predicted octanol–water partition coefficient (Wildman–Crippen LogP) is 1.74. The average molecular weight is 276 g/mol. The number of carboxylic acid groups (broad SMARTS) is 1. The molecule has 1 aliphatic rings. The number of hydrogen-bond acceptors (Lipinski definition) is 3. The first-order valence-electron chi connectivity index (χ1n) is 6.96. The van der Waals surface area contributed by atoms with Gasteiger partial charge in [-0.2, -0.15) is 0 Å². The van der Waals surface area contributed by atoms with Crippen LogP contribution in [0.1, 0.15) is 24.8 Å². The molecule has 0 bridgehead atoms. The molecule has 108 valence electrons. The van der Waals surface area contributed by atoms with Crippen molar-refractivity contribution in [2.45, 2.75) is 25.7 Å². The van der Waals surface area contributed by atoms with E-state index in [1.807, 2.05) is 0 Å². The maximum absolute atomic E-state index is 11.8. The first-order valence-corrected chi connectivity index (χ1v) is 6.96. The van der Waals surface area contributed by atoms with Gasteiger partial charge in [-0.15, -0.1) is 0 Å². The molecule has 2 N–H and O–H groups in total. The standard InChI is InChI=1S/C15H20N2O3/c18-14(7-10-17-8-1-2-9-17)16-13-5-3-12(4-6-13)11-15(19)20/h3-6H,1-2,7-11H2,(H,16,18)(H,19,20). The summed E-state index contributed by atoms with van der Waals surface area (Å²) in [6, 6.07) is 6.94. The van der Waals surface area contributed by atoms with E-state index in [4.69, 9.17) is 5.11 Å². The van der Waals surface area contributed by atoms with Crippen molar-refractivity contribution in [3.05, 3.63) is 29.8 Å². The summed E-state index contributed by atoms with van der Waals surface area (Å²) in [6.07, 6.45) is 2.96. The molecule has 1 amide bonds. The first kappa shape index (κ1) is 14.5. The van der Waals surface area contributed by atoms with Crippen molar-refractivity contribution in [2.75, 3.05) is 25.0 Å². The van der Waals surface area contributed by atoms with Crippen molar-refractivity contribution in [2.24, 2.45) is 0 Å². The lowest BCUT2D eigenvalue weighted by molar-refractivity contribution is -0.136. The van der Waals surface area contributed by atoms with Crippen LogP contribution in [0.25, 0.3) is 0 Å². The van der Waals surface area contributed by atoms with Gasteiger partial charge in [-0.3, -0.25) is 9.59 Å². The van der Waals surface area contributed by atoms with Crippen LogP contribution < -0.4 is 5.32 Å². The molecule has 0 radical (unpaired) electrons. The Balaban J connectivity index is 1.76. The van der Waals surface area contributed by atoms with Gasteiger partial charge in [0.05, 0.1) is 6.42 Å². The van der Waals surface area contributed by atoms with E-state index in [0.29, 0.717) is 12.1 Å². The summed E-state index contributed by atoms with van der Waals surface area (Å²) in [5, 5.41) is 11.5. The lowest BCUT2D eigenvalue weighted by atomic mass is 10.1. The smallest absolute Gasteiger partial charge is 0.307 e. The zero-order valence-electron chi connectivity index (χ0n) is 11.5. The normalized spacial score (nSPS) is 15.2. The fourth-order valence-corrected chi connectivity index (χ4v) is 2.37. The fraction of sp³-hybridized carbons (Fsp3) is 0.467. The summed E-state index contributed by atoms with van der Waals surface area (Å²) in [6.45, 7) is 3.00. The SMILES string of the molecule is O=C(O)Cc1ccc(NC(=O)CCN2CCCC2)cc1. The number of carbonyl (C=O) groups is 2. The number of likely N-dealkylation sites (tertiary alicyclic amines) is 1. The van der Waals surface area contributed by atoms with Gasteiger partial charge in [-0.1, -0.05) is 12.1 Å². The summed E-state index contributed by atoms with van der Waals surface area (Å²) in [7, 11) is 0. The molecule has 1 aromatic carbocycles. The molecular formula is C15H20N2O3. The van der Waals surface area contributed by atoms with Crippen molar-refractivity contribution in [1.29, 1.82) is 0 Å². The van der Waals surface area contributed by atoms with Gasteiger partial charge in [0.25, 0.3) is 0 Å². The Kier molecular flexibility index (Phi) is 5.12. The number of benzene rings is 1. The van der Waals surface area contributed by atoms with Crippen LogP contribution in [0.5, 0.6) is 0 Å². The lowest BCUT2D eigenvalue weighted by Gasteiger charge is -2.14. The molecule has 5 heteroatoms. The molecule has 0 atom stereocenters. The second kappa shape index (κ2) is 7.05. The second-order valence-corrected chi connectivity index (χ2v) is 5.11. The van der Waals surface area contributed by atoms with Crippen molar-refractivity contribution in [1.82, 2.24) is 4.90 Å². The molecule has 0 spiro atoms. The van der Waals surface area contributed by atoms with Crippen LogP contribution in [0.15, 0.2) is 24.3 Å². The number of anilines is 1. The van der Waals surface area contributed by atoms with Crippen molar-refractivity contribution < 1.29 is 14.7 Å². The van der Waals surface area contributed by atoms with E-state index >= 15 is 0 Å². The van der Waals surface area contributed by atoms with Crippen LogP contribution in [0.3, 0.4) is 0 Å². The fourth-order valence-electron chi connectivity index (χ4n) is 2.37. The number of carbonyl (C=O) groups excluding carboxylic acids is 1. The van der Waals surface area contributed by atoms with Crippen LogP contribution in [0.2, 0.25) is 0 Å². The Hall–Kier alpha value is -1.88. The number of nitrogens with one attached hydrogen (secondary N) is 1. The molecule has 2 rings (SSSR count). The summed E-state index contributed by atoms with van der Waals surface area (Å²) in [5.41, 5.74) is 1.44. The zero-order valence-corrected chi connectivity index (χ0v) is 11.5. The number of carboxylic acids is 1. The molecule has 0 saturated carbocycles. The largest absolute Gasteiger partial charge is 0.481 e. The Bertz CT molecular complexity index is 465. The predicted molar refractivity (Wildman–Crippen MR) is 76.7 cm³/mol. The molecule has 20 heavy (non-hydrogen) atoms. The molecule has 1 aliphatic heterocycles. The van der Waals surface area contributed by atoms with Crippen LogP contribution in [-0.4, -0.2) is 41.5 Å². The van der Waals surface area contributed by atoms with Crippen molar-refractivity contribution >= 4 is 17.6 Å². The number of hydrogen-bond donors (Lipinski definition) is 2. The number of nitrogens with zero attached hydrogens (tertiary/aromatic N) is 1.